The van der Waals surface area contributed by atoms with Gasteiger partial charge in [-0.3, -0.25) is 9.69 Å². The second kappa shape index (κ2) is 6.65. The van der Waals surface area contributed by atoms with Gasteiger partial charge in [-0.05, 0) is 39.2 Å². The summed E-state index contributed by atoms with van der Waals surface area (Å²) in [4.78, 5) is 17.2. The Kier molecular flexibility index (Phi) is 4.78. The molecule has 1 unspecified atom stereocenters. The molecule has 1 saturated heterocycles. The predicted octanol–water partition coefficient (Wildman–Crippen LogP) is 1.97. The number of aryl methyl sites for hydroxylation is 1. The number of piperazine rings is 1. The van der Waals surface area contributed by atoms with Crippen molar-refractivity contribution < 1.29 is 9.90 Å². The highest BCUT2D eigenvalue weighted by Gasteiger charge is 2.31. The van der Waals surface area contributed by atoms with Gasteiger partial charge in [0.2, 0.25) is 0 Å². The molecule has 2 aliphatic rings. The fraction of sp³-hybridized carbons (Fsp3) is 0.722. The largest absolute Gasteiger partial charge is 0.395 e. The molecule has 1 atom stereocenters. The van der Waals surface area contributed by atoms with Crippen molar-refractivity contribution >= 4 is 5.91 Å². The molecule has 1 saturated carbocycles. The van der Waals surface area contributed by atoms with Crippen LogP contribution >= 0.6 is 0 Å². The number of nitrogens with zero attached hydrogens (tertiary/aromatic N) is 3. The smallest absolute Gasteiger partial charge is 0.255 e. The monoisotopic (exact) mass is 319 g/mol. The zero-order chi connectivity index (χ0) is 16.6. The number of aliphatic hydroxyl groups is 1. The van der Waals surface area contributed by atoms with Crippen LogP contribution in [0.4, 0.5) is 0 Å². The summed E-state index contributed by atoms with van der Waals surface area (Å²) in [5, 5.41) is 9.43. The third-order valence-corrected chi connectivity index (χ3v) is 5.43. The first-order valence-electron chi connectivity index (χ1n) is 8.89. The van der Waals surface area contributed by atoms with E-state index in [1.54, 1.807) is 0 Å². The molecule has 1 amide bonds. The first-order valence-corrected chi connectivity index (χ1v) is 8.89. The van der Waals surface area contributed by atoms with Gasteiger partial charge in [0.25, 0.3) is 5.91 Å². The van der Waals surface area contributed by atoms with Gasteiger partial charge in [-0.25, -0.2) is 0 Å². The Bertz CT molecular complexity index is 565. The first-order chi connectivity index (χ1) is 11.1. The number of carbonyl (C=O) groups excluding carboxylic acids is 1. The van der Waals surface area contributed by atoms with Gasteiger partial charge in [-0.15, -0.1) is 0 Å². The Morgan fingerprint density at radius 1 is 1.26 bits per heavy atom. The quantitative estimate of drug-likeness (QED) is 0.903. The number of rotatable bonds is 5. The molecule has 128 valence electrons. The Balaban J connectivity index is 1.67. The highest BCUT2D eigenvalue weighted by atomic mass is 16.3. The predicted molar refractivity (Wildman–Crippen MR) is 90.8 cm³/mol. The molecular weight excluding hydrogens is 290 g/mol. The summed E-state index contributed by atoms with van der Waals surface area (Å²) in [5.74, 6) is 0.168. The minimum atomic E-state index is 0.168. The van der Waals surface area contributed by atoms with Gasteiger partial charge in [0, 0.05) is 49.7 Å². The maximum atomic E-state index is 12.9. The molecular formula is C18H29N3O2. The van der Waals surface area contributed by atoms with Crippen LogP contribution in [0, 0.1) is 13.8 Å². The van der Waals surface area contributed by atoms with Crippen molar-refractivity contribution in [2.75, 3.05) is 32.8 Å². The number of amides is 1. The Hall–Kier alpha value is -1.33. The van der Waals surface area contributed by atoms with Gasteiger partial charge in [0.15, 0.2) is 0 Å². The molecule has 1 aliphatic carbocycles. The minimum absolute atomic E-state index is 0.168. The normalized spacial score (nSPS) is 20.8. The van der Waals surface area contributed by atoms with Crippen LogP contribution in [0.15, 0.2) is 6.07 Å². The molecule has 2 fully saturated rings. The average molecular weight is 319 g/mol. The SMILES string of the molecule is CCC(CO)N1CCN(C(=O)c2cc(C)n(C3CC3)c2C)CC1. The third-order valence-electron chi connectivity index (χ3n) is 5.43. The van der Waals surface area contributed by atoms with Crippen LogP contribution in [0.25, 0.3) is 0 Å². The van der Waals surface area contributed by atoms with Gasteiger partial charge >= 0.3 is 0 Å². The molecule has 23 heavy (non-hydrogen) atoms. The van der Waals surface area contributed by atoms with Crippen LogP contribution in [-0.2, 0) is 0 Å². The van der Waals surface area contributed by atoms with Gasteiger partial charge in [-0.2, -0.15) is 0 Å². The van der Waals surface area contributed by atoms with Crippen molar-refractivity contribution in [2.45, 2.75) is 52.1 Å². The number of hydrogen-bond donors (Lipinski definition) is 1. The molecule has 1 aromatic rings. The third kappa shape index (κ3) is 3.17. The van der Waals surface area contributed by atoms with Crippen LogP contribution in [-0.4, -0.2) is 64.2 Å². The Labute approximate surface area is 138 Å². The van der Waals surface area contributed by atoms with Crippen molar-refractivity contribution in [3.05, 3.63) is 23.0 Å². The summed E-state index contributed by atoms with van der Waals surface area (Å²) in [7, 11) is 0. The van der Waals surface area contributed by atoms with Crippen molar-refractivity contribution in [1.29, 1.82) is 0 Å². The lowest BCUT2D eigenvalue weighted by atomic mass is 10.1. The van der Waals surface area contributed by atoms with E-state index in [-0.39, 0.29) is 18.6 Å². The van der Waals surface area contributed by atoms with Crippen molar-refractivity contribution in [1.82, 2.24) is 14.4 Å². The van der Waals surface area contributed by atoms with E-state index >= 15 is 0 Å². The molecule has 5 nitrogen and oxygen atoms in total. The lowest BCUT2D eigenvalue weighted by Gasteiger charge is -2.38. The van der Waals surface area contributed by atoms with Crippen molar-refractivity contribution in [2.24, 2.45) is 0 Å². The molecule has 1 N–H and O–H groups in total. The topological polar surface area (TPSA) is 48.7 Å². The minimum Gasteiger partial charge on any atom is -0.395 e. The standard InChI is InChI=1S/C18H29N3O2/c1-4-15(12-22)19-7-9-20(10-8-19)18(23)17-11-13(2)21(14(17)3)16-5-6-16/h11,15-16,22H,4-10,12H2,1-3H3. The first kappa shape index (κ1) is 16.5. The van der Waals surface area contributed by atoms with E-state index in [2.05, 4.69) is 36.3 Å². The molecule has 0 spiro atoms. The van der Waals surface area contributed by atoms with Crippen molar-refractivity contribution in [3.63, 3.8) is 0 Å². The molecule has 5 heteroatoms. The average Bonchev–Trinajstić information content (AvgIpc) is 3.34. The van der Waals surface area contributed by atoms with Crippen LogP contribution in [0.3, 0.4) is 0 Å². The van der Waals surface area contributed by atoms with E-state index in [0.29, 0.717) is 6.04 Å². The fourth-order valence-electron chi connectivity index (χ4n) is 3.85. The van der Waals surface area contributed by atoms with Crippen LogP contribution in [0.1, 0.15) is 54.0 Å². The van der Waals surface area contributed by atoms with Crippen LogP contribution in [0.2, 0.25) is 0 Å². The Morgan fingerprint density at radius 3 is 2.43 bits per heavy atom. The summed E-state index contributed by atoms with van der Waals surface area (Å²) < 4.78 is 2.34. The van der Waals surface area contributed by atoms with Gasteiger partial charge in [0.1, 0.15) is 0 Å². The maximum absolute atomic E-state index is 12.9. The highest BCUT2D eigenvalue weighted by molar-refractivity contribution is 5.95. The molecule has 2 heterocycles. The molecule has 0 radical (unpaired) electrons. The van der Waals surface area contributed by atoms with E-state index in [4.69, 9.17) is 0 Å². The van der Waals surface area contributed by atoms with Crippen molar-refractivity contribution in [3.8, 4) is 0 Å². The zero-order valence-electron chi connectivity index (χ0n) is 14.6. The fourth-order valence-corrected chi connectivity index (χ4v) is 3.85. The number of hydrogen-bond acceptors (Lipinski definition) is 3. The lowest BCUT2D eigenvalue weighted by molar-refractivity contribution is 0.0472. The number of aliphatic hydroxyl groups excluding tert-OH is 1. The summed E-state index contributed by atoms with van der Waals surface area (Å²) in [5.41, 5.74) is 3.20. The lowest BCUT2D eigenvalue weighted by Crippen LogP contribution is -2.52. The summed E-state index contributed by atoms with van der Waals surface area (Å²) in [6.07, 6.45) is 3.43. The number of carbonyl (C=O) groups is 1. The van der Waals surface area contributed by atoms with E-state index in [1.807, 2.05) is 4.90 Å². The van der Waals surface area contributed by atoms with E-state index in [1.165, 1.54) is 18.5 Å². The van der Waals surface area contributed by atoms with E-state index < -0.39 is 0 Å². The molecule has 3 rings (SSSR count). The summed E-state index contributed by atoms with van der Waals surface area (Å²) in [6.45, 7) is 9.70. The van der Waals surface area contributed by atoms with E-state index in [0.717, 1.165) is 43.9 Å². The zero-order valence-corrected chi connectivity index (χ0v) is 14.6. The molecule has 1 aliphatic heterocycles. The van der Waals surface area contributed by atoms with Gasteiger partial charge in [-0.1, -0.05) is 6.92 Å². The summed E-state index contributed by atoms with van der Waals surface area (Å²) in [6, 6.07) is 2.90. The van der Waals surface area contributed by atoms with Crippen LogP contribution in [0.5, 0.6) is 0 Å². The summed E-state index contributed by atoms with van der Waals surface area (Å²) >= 11 is 0. The molecule has 0 bridgehead atoms. The van der Waals surface area contributed by atoms with Gasteiger partial charge in [0.05, 0.1) is 12.2 Å². The molecule has 0 aromatic carbocycles. The van der Waals surface area contributed by atoms with E-state index in [9.17, 15) is 9.90 Å². The number of aromatic nitrogens is 1. The Morgan fingerprint density at radius 2 is 1.91 bits per heavy atom. The van der Waals surface area contributed by atoms with Gasteiger partial charge < -0.3 is 14.6 Å². The second-order valence-corrected chi connectivity index (χ2v) is 6.96. The maximum Gasteiger partial charge on any atom is 0.255 e. The van der Waals surface area contributed by atoms with Crippen LogP contribution < -0.4 is 0 Å². The molecule has 1 aromatic heterocycles. The highest BCUT2D eigenvalue weighted by Crippen LogP contribution is 2.38. The second-order valence-electron chi connectivity index (χ2n) is 6.96.